The topological polar surface area (TPSA) is 80.5 Å². The second-order valence-corrected chi connectivity index (χ2v) is 5.62. The van der Waals surface area contributed by atoms with Gasteiger partial charge in [-0.3, -0.25) is 5.10 Å². The van der Waals surface area contributed by atoms with Gasteiger partial charge < -0.3 is 5.73 Å². The Morgan fingerprint density at radius 2 is 1.86 bits per heavy atom. The van der Waals surface area contributed by atoms with E-state index in [1.807, 2.05) is 18.2 Å². The molecule has 0 aliphatic carbocycles. The molecule has 3 N–H and O–H groups in total. The molecule has 0 atom stereocenters. The first-order valence-corrected chi connectivity index (χ1v) is 7.25. The van der Waals surface area contributed by atoms with E-state index in [9.17, 15) is 0 Å². The molecule has 0 amide bonds. The number of aromatic amines is 1. The summed E-state index contributed by atoms with van der Waals surface area (Å²) in [5, 5.41) is 11.2. The quantitative estimate of drug-likeness (QED) is 0.593. The van der Waals surface area contributed by atoms with E-state index in [-0.39, 0.29) is 0 Å². The highest BCUT2D eigenvalue weighted by atomic mass is 32.2. The van der Waals surface area contributed by atoms with Crippen molar-refractivity contribution in [3.63, 3.8) is 0 Å². The van der Waals surface area contributed by atoms with E-state index in [0.29, 0.717) is 11.5 Å². The van der Waals surface area contributed by atoms with Crippen LogP contribution in [0.3, 0.4) is 0 Å². The third-order valence-corrected chi connectivity index (χ3v) is 4.37. The van der Waals surface area contributed by atoms with Gasteiger partial charge in [0, 0.05) is 4.90 Å². The first kappa shape index (κ1) is 12.2. The van der Waals surface area contributed by atoms with Gasteiger partial charge in [-0.05, 0) is 16.8 Å². The van der Waals surface area contributed by atoms with Crippen molar-refractivity contribution in [2.45, 2.75) is 9.92 Å². The van der Waals surface area contributed by atoms with Gasteiger partial charge in [-0.25, -0.2) is 9.97 Å². The number of anilines is 1. The van der Waals surface area contributed by atoms with Crippen LogP contribution < -0.4 is 5.73 Å². The van der Waals surface area contributed by atoms with Crippen molar-refractivity contribution in [3.8, 4) is 0 Å². The molecule has 102 valence electrons. The SMILES string of the molecule is Nc1ncnc2[nH]nc(Sc3cccc4ccccc34)c12. The summed E-state index contributed by atoms with van der Waals surface area (Å²) < 4.78 is 0. The summed E-state index contributed by atoms with van der Waals surface area (Å²) in [6.07, 6.45) is 1.43. The Labute approximate surface area is 124 Å². The number of nitrogens with one attached hydrogen (secondary N) is 1. The number of fused-ring (bicyclic) bond motifs is 2. The fraction of sp³-hybridized carbons (Fsp3) is 0. The van der Waals surface area contributed by atoms with Crippen molar-refractivity contribution >= 4 is 39.4 Å². The minimum atomic E-state index is 0.441. The summed E-state index contributed by atoms with van der Waals surface area (Å²) in [7, 11) is 0. The number of nitrogen functional groups attached to an aromatic ring is 1. The average Bonchev–Trinajstić information content (AvgIpc) is 2.92. The Hall–Kier alpha value is -2.60. The van der Waals surface area contributed by atoms with Crippen LogP contribution in [0.4, 0.5) is 5.82 Å². The lowest BCUT2D eigenvalue weighted by Crippen LogP contribution is -1.92. The predicted octanol–water partition coefficient (Wildman–Crippen LogP) is 3.24. The van der Waals surface area contributed by atoms with Crippen LogP contribution in [0.25, 0.3) is 21.8 Å². The summed E-state index contributed by atoms with van der Waals surface area (Å²) in [6.45, 7) is 0. The normalized spacial score (nSPS) is 11.2. The average molecular weight is 293 g/mol. The molecule has 4 aromatic rings. The lowest BCUT2D eigenvalue weighted by molar-refractivity contribution is 1.01. The highest BCUT2D eigenvalue weighted by Gasteiger charge is 2.13. The van der Waals surface area contributed by atoms with Crippen LogP contribution in [0.15, 0.2) is 58.7 Å². The Balaban J connectivity index is 1.87. The Kier molecular flexibility index (Phi) is 2.75. The molecule has 5 nitrogen and oxygen atoms in total. The van der Waals surface area contributed by atoms with E-state index in [1.165, 1.54) is 17.1 Å². The number of nitrogens with two attached hydrogens (primary N) is 1. The first-order valence-electron chi connectivity index (χ1n) is 6.43. The van der Waals surface area contributed by atoms with Gasteiger partial charge in [-0.15, -0.1) is 0 Å². The van der Waals surface area contributed by atoms with Crippen molar-refractivity contribution in [1.29, 1.82) is 0 Å². The monoisotopic (exact) mass is 293 g/mol. The zero-order valence-corrected chi connectivity index (χ0v) is 11.8. The maximum absolute atomic E-state index is 5.94. The van der Waals surface area contributed by atoms with Crippen LogP contribution in [0.5, 0.6) is 0 Å². The Morgan fingerprint density at radius 1 is 1.00 bits per heavy atom. The molecule has 0 saturated carbocycles. The van der Waals surface area contributed by atoms with Crippen LogP contribution in [-0.2, 0) is 0 Å². The van der Waals surface area contributed by atoms with Crippen LogP contribution in [-0.4, -0.2) is 20.2 Å². The van der Waals surface area contributed by atoms with Crippen LogP contribution in [0, 0.1) is 0 Å². The van der Waals surface area contributed by atoms with E-state index < -0.39 is 0 Å². The number of aromatic nitrogens is 4. The minimum Gasteiger partial charge on any atom is -0.383 e. The van der Waals surface area contributed by atoms with Gasteiger partial charge in [0.25, 0.3) is 0 Å². The van der Waals surface area contributed by atoms with Gasteiger partial charge in [0.05, 0.1) is 5.39 Å². The molecule has 0 bridgehead atoms. The second kappa shape index (κ2) is 4.75. The fourth-order valence-electron chi connectivity index (χ4n) is 2.32. The summed E-state index contributed by atoms with van der Waals surface area (Å²) in [5.41, 5.74) is 6.60. The third kappa shape index (κ3) is 2.00. The lowest BCUT2D eigenvalue weighted by Gasteiger charge is -2.04. The molecular weight excluding hydrogens is 282 g/mol. The molecule has 0 radical (unpaired) electrons. The van der Waals surface area contributed by atoms with E-state index >= 15 is 0 Å². The third-order valence-electron chi connectivity index (χ3n) is 3.31. The maximum Gasteiger partial charge on any atom is 0.161 e. The van der Waals surface area contributed by atoms with E-state index in [1.54, 1.807) is 11.8 Å². The molecule has 2 aromatic heterocycles. The molecule has 0 spiro atoms. The number of hydrogen-bond acceptors (Lipinski definition) is 5. The predicted molar refractivity (Wildman–Crippen MR) is 84.2 cm³/mol. The number of hydrogen-bond donors (Lipinski definition) is 2. The van der Waals surface area contributed by atoms with Gasteiger partial charge in [-0.2, -0.15) is 5.10 Å². The largest absolute Gasteiger partial charge is 0.383 e. The highest BCUT2D eigenvalue weighted by Crippen LogP contribution is 2.36. The molecule has 0 fully saturated rings. The van der Waals surface area contributed by atoms with Gasteiger partial charge in [0.1, 0.15) is 17.2 Å². The second-order valence-electron chi connectivity index (χ2n) is 4.59. The standard InChI is InChI=1S/C15H11N5S/c16-13-12-14(18-8-17-13)19-20-15(12)21-11-7-3-5-9-4-1-2-6-10(9)11/h1-8H,(H3,16,17,18,19,20). The molecule has 21 heavy (non-hydrogen) atoms. The van der Waals surface area contributed by atoms with Crippen molar-refractivity contribution in [2.75, 3.05) is 5.73 Å². The minimum absolute atomic E-state index is 0.441. The van der Waals surface area contributed by atoms with E-state index in [4.69, 9.17) is 5.73 Å². The zero-order chi connectivity index (χ0) is 14.2. The van der Waals surface area contributed by atoms with E-state index in [2.05, 4.69) is 44.4 Å². The van der Waals surface area contributed by atoms with Gasteiger partial charge in [-0.1, -0.05) is 48.2 Å². The molecule has 2 aromatic carbocycles. The van der Waals surface area contributed by atoms with Crippen molar-refractivity contribution < 1.29 is 0 Å². The van der Waals surface area contributed by atoms with Crippen LogP contribution in [0.2, 0.25) is 0 Å². The van der Waals surface area contributed by atoms with Crippen LogP contribution in [0.1, 0.15) is 0 Å². The highest BCUT2D eigenvalue weighted by molar-refractivity contribution is 7.99. The van der Waals surface area contributed by atoms with Gasteiger partial charge >= 0.3 is 0 Å². The first-order chi connectivity index (χ1) is 10.3. The number of nitrogens with zero attached hydrogens (tertiary/aromatic N) is 3. The summed E-state index contributed by atoms with van der Waals surface area (Å²) in [4.78, 5) is 9.31. The molecule has 0 unspecified atom stereocenters. The van der Waals surface area contributed by atoms with Crippen LogP contribution >= 0.6 is 11.8 Å². The smallest absolute Gasteiger partial charge is 0.161 e. The molecule has 6 heteroatoms. The van der Waals surface area contributed by atoms with Crippen molar-refractivity contribution in [2.24, 2.45) is 0 Å². The number of H-pyrrole nitrogens is 1. The fourth-order valence-corrected chi connectivity index (χ4v) is 3.36. The molecule has 2 heterocycles. The zero-order valence-electron chi connectivity index (χ0n) is 10.9. The summed E-state index contributed by atoms with van der Waals surface area (Å²) in [6, 6.07) is 14.5. The van der Waals surface area contributed by atoms with Gasteiger partial charge in [0.15, 0.2) is 5.65 Å². The number of benzene rings is 2. The van der Waals surface area contributed by atoms with E-state index in [0.717, 1.165) is 15.3 Å². The summed E-state index contributed by atoms with van der Waals surface area (Å²) >= 11 is 1.57. The Morgan fingerprint density at radius 3 is 2.81 bits per heavy atom. The molecule has 0 aliphatic rings. The molecule has 4 rings (SSSR count). The van der Waals surface area contributed by atoms with Crippen molar-refractivity contribution in [1.82, 2.24) is 20.2 Å². The molecular formula is C15H11N5S. The lowest BCUT2D eigenvalue weighted by atomic mass is 10.1. The Bertz CT molecular complexity index is 942. The summed E-state index contributed by atoms with van der Waals surface area (Å²) in [5.74, 6) is 0.441. The maximum atomic E-state index is 5.94. The number of rotatable bonds is 2. The van der Waals surface area contributed by atoms with Crippen molar-refractivity contribution in [3.05, 3.63) is 48.8 Å². The van der Waals surface area contributed by atoms with Gasteiger partial charge in [0.2, 0.25) is 0 Å². The molecule has 0 aliphatic heterocycles. The molecule has 0 saturated heterocycles.